The number of carbonyl (C=O) groups is 5. The van der Waals surface area contributed by atoms with E-state index in [4.69, 9.17) is 25.8 Å². The second-order valence-corrected chi connectivity index (χ2v) is 27.1. The number of nitrogens with one attached hydrogen (secondary N) is 2. The Morgan fingerprint density at radius 1 is 0.635 bits per heavy atom. The molecule has 0 aromatic heterocycles. The molecule has 0 saturated heterocycles. The summed E-state index contributed by atoms with van der Waals surface area (Å²) in [5.74, 6) is -2.94. The van der Waals surface area contributed by atoms with Gasteiger partial charge in [-0.05, 0) is 42.2 Å². The molecule has 0 fully saturated rings. The molecule has 0 heterocycles. The topological polar surface area (TPSA) is 137 Å². The van der Waals surface area contributed by atoms with Gasteiger partial charge in [-0.3, -0.25) is 24.0 Å². The fourth-order valence-corrected chi connectivity index (χ4v) is 14.0. The van der Waals surface area contributed by atoms with Gasteiger partial charge < -0.3 is 24.8 Å². The largest absolute Gasteiger partial charge is 0.465 e. The van der Waals surface area contributed by atoms with Crippen LogP contribution in [-0.2, 0) is 43.8 Å². The average molecular weight is 1100 g/mol. The number of esters is 2. The molecule has 394 valence electrons. The summed E-state index contributed by atoms with van der Waals surface area (Å²) in [6.07, 6.45) is -0.334. The summed E-state index contributed by atoms with van der Waals surface area (Å²) in [4.78, 5) is 69.0. The van der Waals surface area contributed by atoms with Crippen molar-refractivity contribution >= 4 is 84.3 Å². The van der Waals surface area contributed by atoms with E-state index in [0.717, 1.165) is 38.9 Å². The maximum absolute atomic E-state index is 14.0. The summed E-state index contributed by atoms with van der Waals surface area (Å²) in [6.45, 7) is 16.5. The summed E-state index contributed by atoms with van der Waals surface area (Å²) in [7, 11) is 6.26. The minimum absolute atomic E-state index is 0.0306. The molecule has 1 aliphatic rings. The van der Waals surface area contributed by atoms with E-state index in [1.807, 2.05) is 104 Å². The Hall–Kier alpha value is -4.70. The van der Waals surface area contributed by atoms with Gasteiger partial charge >= 0.3 is 11.9 Å². The van der Waals surface area contributed by atoms with Crippen LogP contribution >= 0.6 is 54.8 Å². The fourth-order valence-electron chi connectivity index (χ4n) is 8.48. The first-order valence-corrected chi connectivity index (χ1v) is 30.0. The first-order chi connectivity index (χ1) is 35.3. The SMILES string of the molecule is Cc1ccc(C(OC(=O)CCOCCNC(=O)[C@H](CSSC(C)(C)C)CC(=O)[C@H](C)NC(=O)[C@H](CSSC(C)(C)C)CC(=O)OCC2c3ccccc3-c3ccccc32)(c2ccccc2)c2ccccc2Cl)cc1. The van der Waals surface area contributed by atoms with Gasteiger partial charge in [-0.25, -0.2) is 0 Å². The smallest absolute Gasteiger partial charge is 0.309 e. The van der Waals surface area contributed by atoms with Crippen LogP contribution in [0.1, 0.15) is 107 Å². The van der Waals surface area contributed by atoms with E-state index < -0.39 is 41.3 Å². The first kappa shape index (κ1) is 58.6. The predicted octanol–water partition coefficient (Wildman–Crippen LogP) is 12.8. The molecule has 0 saturated carbocycles. The van der Waals surface area contributed by atoms with Gasteiger partial charge in [-0.1, -0.05) is 223 Å². The van der Waals surface area contributed by atoms with Crippen molar-refractivity contribution in [3.63, 3.8) is 0 Å². The molecular weight excluding hydrogens is 1030 g/mol. The molecule has 6 rings (SSSR count). The van der Waals surface area contributed by atoms with E-state index in [0.29, 0.717) is 22.1 Å². The molecule has 15 heteroatoms. The van der Waals surface area contributed by atoms with Crippen molar-refractivity contribution < 1.29 is 38.2 Å². The van der Waals surface area contributed by atoms with E-state index in [1.165, 1.54) is 21.6 Å². The molecule has 4 atom stereocenters. The van der Waals surface area contributed by atoms with Crippen molar-refractivity contribution in [2.75, 3.05) is 37.9 Å². The maximum Gasteiger partial charge on any atom is 0.309 e. The summed E-state index contributed by atoms with van der Waals surface area (Å²) >= 11 is 6.84. The van der Waals surface area contributed by atoms with E-state index in [2.05, 4.69) is 76.4 Å². The zero-order valence-electron chi connectivity index (χ0n) is 43.6. The highest BCUT2D eigenvalue weighted by Crippen LogP contribution is 2.46. The third kappa shape index (κ3) is 16.6. The first-order valence-electron chi connectivity index (χ1n) is 25.0. The van der Waals surface area contributed by atoms with Crippen molar-refractivity contribution in [1.82, 2.24) is 10.6 Å². The average Bonchev–Trinajstić information content (AvgIpc) is 3.68. The molecule has 0 radical (unpaired) electrons. The number of hydrogen-bond acceptors (Lipinski definition) is 12. The van der Waals surface area contributed by atoms with Crippen molar-refractivity contribution in [2.45, 2.75) is 102 Å². The second kappa shape index (κ2) is 27.4. The lowest BCUT2D eigenvalue weighted by Gasteiger charge is -2.36. The molecule has 0 aliphatic heterocycles. The number of ketones is 1. The number of rotatable bonds is 26. The monoisotopic (exact) mass is 1100 g/mol. The van der Waals surface area contributed by atoms with Gasteiger partial charge in [0.15, 0.2) is 11.4 Å². The van der Waals surface area contributed by atoms with E-state index in [9.17, 15) is 24.0 Å². The Morgan fingerprint density at radius 3 is 1.77 bits per heavy atom. The number of fused-ring (bicyclic) bond motifs is 3. The van der Waals surface area contributed by atoms with Gasteiger partial charge in [-0.2, -0.15) is 0 Å². The zero-order valence-corrected chi connectivity index (χ0v) is 47.6. The molecule has 10 nitrogen and oxygen atoms in total. The minimum atomic E-state index is -1.34. The van der Waals surface area contributed by atoms with Gasteiger partial charge in [0, 0.05) is 61.6 Å². The van der Waals surface area contributed by atoms with Crippen LogP contribution in [0.2, 0.25) is 5.02 Å². The van der Waals surface area contributed by atoms with Crippen LogP contribution in [-0.4, -0.2) is 82.9 Å². The van der Waals surface area contributed by atoms with Crippen molar-refractivity contribution in [3.05, 3.63) is 166 Å². The highest BCUT2D eigenvalue weighted by atomic mass is 35.5. The molecular formula is C59H69ClN2O8S4. The molecule has 74 heavy (non-hydrogen) atoms. The highest BCUT2D eigenvalue weighted by Gasteiger charge is 2.42. The van der Waals surface area contributed by atoms with E-state index in [-0.39, 0.29) is 72.7 Å². The van der Waals surface area contributed by atoms with E-state index in [1.54, 1.807) is 34.6 Å². The lowest BCUT2D eigenvalue weighted by atomic mass is 9.79. The Labute approximate surface area is 458 Å². The Balaban J connectivity index is 1.03. The van der Waals surface area contributed by atoms with Crippen molar-refractivity contribution in [2.24, 2.45) is 11.8 Å². The molecule has 5 aromatic rings. The number of ether oxygens (including phenoxy) is 3. The summed E-state index contributed by atoms with van der Waals surface area (Å²) < 4.78 is 18.1. The quantitative estimate of drug-likeness (QED) is 0.0236. The predicted molar refractivity (Wildman–Crippen MR) is 307 cm³/mol. The summed E-state index contributed by atoms with van der Waals surface area (Å²) in [5, 5.41) is 6.25. The molecule has 5 aromatic carbocycles. The third-order valence-electron chi connectivity index (χ3n) is 12.1. The Morgan fingerprint density at radius 2 is 1.18 bits per heavy atom. The lowest BCUT2D eigenvalue weighted by molar-refractivity contribution is -0.154. The van der Waals surface area contributed by atoms with Crippen LogP contribution in [0.15, 0.2) is 127 Å². The Bertz CT molecular complexity index is 2650. The van der Waals surface area contributed by atoms with Crippen LogP contribution in [0.25, 0.3) is 11.1 Å². The number of aryl methyl sites for hydroxylation is 1. The summed E-state index contributed by atoms with van der Waals surface area (Å²) in [5.41, 5.74) is 6.25. The minimum Gasteiger partial charge on any atom is -0.465 e. The van der Waals surface area contributed by atoms with Crippen LogP contribution < -0.4 is 10.6 Å². The second-order valence-electron chi connectivity index (χ2n) is 20.4. The van der Waals surface area contributed by atoms with E-state index >= 15 is 0 Å². The van der Waals surface area contributed by atoms with Crippen LogP contribution in [0, 0.1) is 18.8 Å². The van der Waals surface area contributed by atoms with Gasteiger partial charge in [0.05, 0.1) is 43.9 Å². The van der Waals surface area contributed by atoms with Crippen LogP contribution in [0.3, 0.4) is 0 Å². The molecule has 0 bridgehead atoms. The third-order valence-corrected chi connectivity index (χ3v) is 19.3. The number of Topliss-reactive ketones (excluding diaryl/α,β-unsaturated/α-hetero) is 1. The molecule has 1 aliphatic carbocycles. The highest BCUT2D eigenvalue weighted by molar-refractivity contribution is 8.77. The van der Waals surface area contributed by atoms with Gasteiger partial charge in [0.2, 0.25) is 11.8 Å². The lowest BCUT2D eigenvalue weighted by Crippen LogP contribution is -2.44. The molecule has 0 spiro atoms. The van der Waals surface area contributed by atoms with Crippen LogP contribution in [0.5, 0.6) is 0 Å². The van der Waals surface area contributed by atoms with Gasteiger partial charge in [0.25, 0.3) is 0 Å². The number of benzene rings is 5. The normalized spacial score (nSPS) is 14.4. The van der Waals surface area contributed by atoms with Gasteiger partial charge in [-0.15, -0.1) is 0 Å². The molecule has 2 amide bonds. The number of hydrogen-bond donors (Lipinski definition) is 2. The van der Waals surface area contributed by atoms with Crippen molar-refractivity contribution in [3.8, 4) is 11.1 Å². The maximum atomic E-state index is 14.0. The number of carbonyl (C=O) groups excluding carboxylic acids is 5. The number of amides is 2. The molecule has 1 unspecified atom stereocenters. The van der Waals surface area contributed by atoms with Crippen molar-refractivity contribution in [1.29, 1.82) is 0 Å². The Kier molecular flexibility index (Phi) is 21.7. The fraction of sp³-hybridized carbons (Fsp3) is 0.407. The standard InChI is InChI=1S/C59H69ClN2O8S4/c1-39-26-28-44(29-27-39)59(43-18-10-9-11-19-43,50-24-16-17-25-51(50)60)70-53(64)30-32-68-33-31-61-55(66)41(37-71-73-57(3,4)5)34-52(63)40(2)62-56(67)42(38-72-74-58(6,7)8)35-54(65)69-36-49-47-22-14-12-20-45(47)46-21-13-15-23-48(46)49/h9-29,40-42,49H,30-38H2,1-8H3,(H,61,66)(H,62,67)/t40-,41-,42-,59?/m0/s1. The van der Waals surface area contributed by atoms with Crippen LogP contribution in [0.4, 0.5) is 0 Å². The summed E-state index contributed by atoms with van der Waals surface area (Å²) in [6, 6.07) is 40.0. The zero-order chi connectivity index (χ0) is 53.5. The molecule has 2 N–H and O–H groups in total. The number of halogens is 1. The van der Waals surface area contributed by atoms with Gasteiger partial charge in [0.1, 0.15) is 6.61 Å².